The van der Waals surface area contributed by atoms with Crippen LogP contribution in [-0.2, 0) is 4.84 Å². The monoisotopic (exact) mass is 423 g/mol. The van der Waals surface area contributed by atoms with E-state index in [0.29, 0.717) is 16.2 Å². The van der Waals surface area contributed by atoms with Gasteiger partial charge in [-0.25, -0.2) is 0 Å². The summed E-state index contributed by atoms with van der Waals surface area (Å²) in [4.78, 5) is 55.4. The molecule has 31 heavy (non-hydrogen) atoms. The molecule has 164 valence electrons. The first-order valence-electron chi connectivity index (χ1n) is 10.00. The summed E-state index contributed by atoms with van der Waals surface area (Å²) >= 11 is 0. The van der Waals surface area contributed by atoms with E-state index >= 15 is 0 Å². The Morgan fingerprint density at radius 1 is 0.581 bits per heavy atom. The molecular weight excluding hydrogens is 394 g/mol. The Kier molecular flexibility index (Phi) is 6.96. The Morgan fingerprint density at radius 3 is 1.06 bits per heavy atom. The van der Waals surface area contributed by atoms with Gasteiger partial charge >= 0.3 is 0 Å². The van der Waals surface area contributed by atoms with Crippen LogP contribution in [0.25, 0.3) is 0 Å². The molecular formula is C25H29NO5. The van der Waals surface area contributed by atoms with Crippen molar-refractivity contribution in [1.29, 1.82) is 0 Å². The van der Waals surface area contributed by atoms with Crippen LogP contribution in [0.4, 0.5) is 0 Å². The van der Waals surface area contributed by atoms with Crippen molar-refractivity contribution < 1.29 is 24.0 Å². The molecule has 0 aromatic heterocycles. The number of rotatable bonds is 5. The van der Waals surface area contributed by atoms with E-state index in [0.717, 1.165) is 0 Å². The Hall–Kier alpha value is -3.12. The summed E-state index contributed by atoms with van der Waals surface area (Å²) in [5.74, 6) is -1.40. The average Bonchev–Trinajstić information content (AvgIpc) is 2.71. The Morgan fingerprint density at radius 2 is 0.839 bits per heavy atom. The number of benzene rings is 2. The zero-order valence-corrected chi connectivity index (χ0v) is 19.1. The normalized spacial score (nSPS) is 11.7. The summed E-state index contributed by atoms with van der Waals surface area (Å²) < 4.78 is 0. The maximum atomic E-state index is 12.8. The standard InChI is InChI=1S/C25H29NO5/c1-24(2,3)20(27)16-8-12-18(13-9-16)22(29)26(31-7)23(30)19-14-10-17(11-15-19)21(28)25(4,5)6/h8-15H,1-7H3. The zero-order valence-electron chi connectivity index (χ0n) is 19.1. The summed E-state index contributed by atoms with van der Waals surface area (Å²) in [6, 6.07) is 12.2. The molecule has 0 heterocycles. The second kappa shape index (κ2) is 8.94. The first-order chi connectivity index (χ1) is 14.3. The van der Waals surface area contributed by atoms with E-state index < -0.39 is 22.6 Å². The maximum Gasteiger partial charge on any atom is 0.285 e. The number of carbonyl (C=O) groups excluding carboxylic acids is 4. The topological polar surface area (TPSA) is 80.8 Å². The number of amides is 2. The van der Waals surface area contributed by atoms with Gasteiger partial charge < -0.3 is 0 Å². The highest BCUT2D eigenvalue weighted by Gasteiger charge is 2.27. The fraction of sp³-hybridized carbons (Fsp3) is 0.360. The summed E-state index contributed by atoms with van der Waals surface area (Å²) in [6.07, 6.45) is 0. The summed E-state index contributed by atoms with van der Waals surface area (Å²) in [6.45, 7) is 10.9. The number of hydrogen-bond acceptors (Lipinski definition) is 5. The highest BCUT2D eigenvalue weighted by atomic mass is 16.7. The smallest absolute Gasteiger partial charge is 0.285 e. The molecule has 2 amide bonds. The van der Waals surface area contributed by atoms with Crippen LogP contribution >= 0.6 is 0 Å². The predicted octanol–water partition coefficient (Wildman–Crippen LogP) is 4.99. The summed E-state index contributed by atoms with van der Waals surface area (Å²) in [7, 11) is 1.23. The Balaban J connectivity index is 2.23. The van der Waals surface area contributed by atoms with Crippen LogP contribution in [0, 0.1) is 10.8 Å². The van der Waals surface area contributed by atoms with E-state index in [9.17, 15) is 19.2 Å². The first-order valence-corrected chi connectivity index (χ1v) is 10.00. The number of nitrogens with zero attached hydrogens (tertiary/aromatic N) is 1. The second-order valence-electron chi connectivity index (χ2n) is 9.40. The number of imide groups is 1. The van der Waals surface area contributed by atoms with E-state index in [1.807, 2.05) is 41.5 Å². The molecule has 0 N–H and O–H groups in total. The molecule has 2 aromatic rings. The predicted molar refractivity (Wildman–Crippen MR) is 118 cm³/mol. The number of hydroxylamine groups is 2. The number of ketones is 2. The van der Waals surface area contributed by atoms with E-state index in [2.05, 4.69) is 0 Å². The minimum Gasteiger partial charge on any atom is -0.294 e. The molecule has 6 nitrogen and oxygen atoms in total. The molecule has 0 spiro atoms. The molecule has 0 fully saturated rings. The van der Waals surface area contributed by atoms with Gasteiger partial charge in [0.25, 0.3) is 11.8 Å². The SMILES string of the molecule is CON(C(=O)c1ccc(C(=O)C(C)(C)C)cc1)C(=O)c1ccc(C(=O)C(C)(C)C)cc1. The van der Waals surface area contributed by atoms with E-state index in [1.165, 1.54) is 31.4 Å². The van der Waals surface area contributed by atoms with Crippen molar-refractivity contribution in [2.45, 2.75) is 41.5 Å². The van der Waals surface area contributed by atoms with Gasteiger partial charge in [0.15, 0.2) is 11.6 Å². The van der Waals surface area contributed by atoms with Crippen molar-refractivity contribution in [2.75, 3.05) is 7.11 Å². The quantitative estimate of drug-likeness (QED) is 0.385. The highest BCUT2D eigenvalue weighted by Crippen LogP contribution is 2.23. The molecule has 0 atom stereocenters. The van der Waals surface area contributed by atoms with E-state index in [-0.39, 0.29) is 22.7 Å². The molecule has 0 saturated carbocycles. The van der Waals surface area contributed by atoms with Crippen molar-refractivity contribution in [3.8, 4) is 0 Å². The first kappa shape index (κ1) is 24.2. The lowest BCUT2D eigenvalue weighted by molar-refractivity contribution is -0.0684. The molecule has 0 saturated heterocycles. The van der Waals surface area contributed by atoms with Gasteiger partial charge in [-0.3, -0.25) is 24.0 Å². The van der Waals surface area contributed by atoms with E-state index in [1.54, 1.807) is 24.3 Å². The molecule has 0 radical (unpaired) electrons. The number of hydrogen-bond donors (Lipinski definition) is 0. The lowest BCUT2D eigenvalue weighted by atomic mass is 9.86. The van der Waals surface area contributed by atoms with Gasteiger partial charge in [0.05, 0.1) is 7.11 Å². The van der Waals surface area contributed by atoms with Crippen LogP contribution in [0.5, 0.6) is 0 Å². The molecule has 0 aliphatic rings. The van der Waals surface area contributed by atoms with Gasteiger partial charge in [-0.1, -0.05) is 65.8 Å². The fourth-order valence-corrected chi connectivity index (χ4v) is 2.89. The van der Waals surface area contributed by atoms with Crippen molar-refractivity contribution in [2.24, 2.45) is 10.8 Å². The van der Waals surface area contributed by atoms with Gasteiger partial charge in [-0.2, -0.15) is 0 Å². The third-order valence-electron chi connectivity index (χ3n) is 4.70. The minimum absolute atomic E-state index is 0.0453. The van der Waals surface area contributed by atoms with Crippen molar-refractivity contribution in [3.05, 3.63) is 70.8 Å². The highest BCUT2D eigenvalue weighted by molar-refractivity contribution is 6.10. The molecule has 6 heteroatoms. The average molecular weight is 424 g/mol. The van der Waals surface area contributed by atoms with Crippen LogP contribution in [0.15, 0.2) is 48.5 Å². The van der Waals surface area contributed by atoms with Gasteiger partial charge in [-0.05, 0) is 24.3 Å². The van der Waals surface area contributed by atoms with Crippen LogP contribution in [-0.4, -0.2) is 35.6 Å². The largest absolute Gasteiger partial charge is 0.294 e. The summed E-state index contributed by atoms with van der Waals surface area (Å²) in [5, 5.41) is 0.654. The third kappa shape index (κ3) is 5.52. The molecule has 0 bridgehead atoms. The van der Waals surface area contributed by atoms with Gasteiger partial charge in [-0.15, -0.1) is 5.06 Å². The van der Waals surface area contributed by atoms with Crippen molar-refractivity contribution >= 4 is 23.4 Å². The number of carbonyl (C=O) groups is 4. The van der Waals surface area contributed by atoms with Crippen molar-refractivity contribution in [1.82, 2.24) is 5.06 Å². The lowest BCUT2D eigenvalue weighted by Crippen LogP contribution is -2.36. The Labute approximate surface area is 183 Å². The van der Waals surface area contributed by atoms with Crippen LogP contribution in [0.2, 0.25) is 0 Å². The van der Waals surface area contributed by atoms with Gasteiger partial charge in [0, 0.05) is 33.1 Å². The third-order valence-corrected chi connectivity index (χ3v) is 4.70. The van der Waals surface area contributed by atoms with Crippen LogP contribution in [0.1, 0.15) is 83.0 Å². The minimum atomic E-state index is -0.655. The van der Waals surface area contributed by atoms with Crippen LogP contribution in [0.3, 0.4) is 0 Å². The second-order valence-corrected chi connectivity index (χ2v) is 9.40. The molecule has 2 aromatic carbocycles. The number of Topliss-reactive ketones (excluding diaryl/α,β-unsaturated/α-hetero) is 2. The molecule has 2 rings (SSSR count). The van der Waals surface area contributed by atoms with Gasteiger partial charge in [0.1, 0.15) is 0 Å². The molecule has 0 aliphatic heterocycles. The molecule has 0 unspecified atom stereocenters. The van der Waals surface area contributed by atoms with Crippen molar-refractivity contribution in [3.63, 3.8) is 0 Å². The van der Waals surface area contributed by atoms with E-state index in [4.69, 9.17) is 4.84 Å². The van der Waals surface area contributed by atoms with Gasteiger partial charge in [0.2, 0.25) is 0 Å². The fourth-order valence-electron chi connectivity index (χ4n) is 2.89. The molecule has 0 aliphatic carbocycles. The van der Waals surface area contributed by atoms with Crippen LogP contribution < -0.4 is 0 Å². The zero-order chi connectivity index (χ0) is 23.6. The lowest BCUT2D eigenvalue weighted by Gasteiger charge is -2.19. The maximum absolute atomic E-state index is 12.8. The summed E-state index contributed by atoms with van der Waals surface area (Å²) in [5.41, 5.74) is 0.304. The Bertz CT molecular complexity index is 909.